The van der Waals surface area contributed by atoms with Crippen LogP contribution in [0.15, 0.2) is 48.7 Å². The number of nitrogen functional groups attached to an aromatic ring is 1. The average Bonchev–Trinajstić information content (AvgIpc) is 2.68. The van der Waals surface area contributed by atoms with E-state index in [2.05, 4.69) is 45.3 Å². The summed E-state index contributed by atoms with van der Waals surface area (Å²) < 4.78 is 0. The lowest BCUT2D eigenvalue weighted by Gasteiger charge is -2.33. The van der Waals surface area contributed by atoms with Crippen molar-refractivity contribution >= 4 is 28.2 Å². The number of rotatable bonds is 4. The van der Waals surface area contributed by atoms with E-state index >= 15 is 0 Å². The van der Waals surface area contributed by atoms with Crippen LogP contribution in [-0.2, 0) is 6.54 Å². The lowest BCUT2D eigenvalue weighted by atomic mass is 10.1. The Morgan fingerprint density at radius 1 is 1.08 bits per heavy atom. The molecule has 1 aliphatic heterocycles. The van der Waals surface area contributed by atoms with E-state index in [9.17, 15) is 0 Å². The maximum absolute atomic E-state index is 6.13. The van der Waals surface area contributed by atoms with Gasteiger partial charge in [0, 0.05) is 44.3 Å². The highest BCUT2D eigenvalue weighted by molar-refractivity contribution is 5.79. The number of hydrogen-bond donors (Lipinski definition) is 2. The molecule has 1 saturated heterocycles. The second kappa shape index (κ2) is 7.17. The molecule has 1 aromatic carbocycles. The Hall–Kier alpha value is -2.86. The molecule has 0 spiro atoms. The summed E-state index contributed by atoms with van der Waals surface area (Å²) in [6, 6.07) is 14.3. The van der Waals surface area contributed by atoms with E-state index in [0.717, 1.165) is 48.7 Å². The normalized spacial score (nSPS) is 15.3. The highest BCUT2D eigenvalue weighted by Crippen LogP contribution is 2.23. The first-order chi connectivity index (χ1) is 12.7. The van der Waals surface area contributed by atoms with Gasteiger partial charge < -0.3 is 20.9 Å². The molecule has 2 aromatic heterocycles. The number of fused-ring (bicyclic) bond motifs is 1. The molecule has 0 bridgehead atoms. The third-order valence-electron chi connectivity index (χ3n) is 4.87. The van der Waals surface area contributed by atoms with Crippen LogP contribution in [0.1, 0.15) is 5.56 Å². The Kier molecular flexibility index (Phi) is 4.58. The van der Waals surface area contributed by atoms with Crippen molar-refractivity contribution in [3.8, 4) is 0 Å². The fourth-order valence-electron chi connectivity index (χ4n) is 3.23. The number of piperazine rings is 1. The van der Waals surface area contributed by atoms with E-state index < -0.39 is 0 Å². The van der Waals surface area contributed by atoms with Crippen LogP contribution in [0.2, 0.25) is 0 Å². The molecule has 1 fully saturated rings. The Morgan fingerprint density at radius 2 is 1.92 bits per heavy atom. The van der Waals surface area contributed by atoms with Crippen molar-refractivity contribution < 1.29 is 0 Å². The molecule has 0 atom stereocenters. The highest BCUT2D eigenvalue weighted by Gasteiger charge is 2.16. The van der Waals surface area contributed by atoms with Gasteiger partial charge in [-0.25, -0.2) is 4.98 Å². The first-order valence-electron chi connectivity index (χ1n) is 8.96. The Balaban J connectivity index is 1.49. The Bertz CT molecular complexity index is 902. The van der Waals surface area contributed by atoms with E-state index in [4.69, 9.17) is 10.7 Å². The van der Waals surface area contributed by atoms with Crippen molar-refractivity contribution in [3.63, 3.8) is 0 Å². The molecule has 0 aliphatic carbocycles. The summed E-state index contributed by atoms with van der Waals surface area (Å²) in [5.41, 5.74) is 8.99. The molecule has 0 radical (unpaired) electrons. The van der Waals surface area contributed by atoms with E-state index in [0.29, 0.717) is 12.2 Å². The second-order valence-electron chi connectivity index (χ2n) is 6.78. The predicted molar refractivity (Wildman–Crippen MR) is 107 cm³/mol. The second-order valence-corrected chi connectivity index (χ2v) is 6.78. The molecule has 26 heavy (non-hydrogen) atoms. The molecule has 4 rings (SSSR count). The van der Waals surface area contributed by atoms with Crippen LogP contribution in [0.4, 0.5) is 17.3 Å². The minimum atomic E-state index is 0.672. The summed E-state index contributed by atoms with van der Waals surface area (Å²) >= 11 is 0. The zero-order valence-electron chi connectivity index (χ0n) is 15.0. The van der Waals surface area contributed by atoms with E-state index in [1.54, 1.807) is 0 Å². The van der Waals surface area contributed by atoms with Crippen molar-refractivity contribution in [2.24, 2.45) is 0 Å². The molecule has 134 valence electrons. The number of hydrogen-bond acceptors (Lipinski definition) is 6. The first kappa shape index (κ1) is 16.6. The molecule has 1 aliphatic rings. The van der Waals surface area contributed by atoms with Crippen molar-refractivity contribution in [2.75, 3.05) is 49.2 Å². The van der Waals surface area contributed by atoms with Gasteiger partial charge >= 0.3 is 0 Å². The van der Waals surface area contributed by atoms with Gasteiger partial charge in [-0.1, -0.05) is 12.1 Å². The van der Waals surface area contributed by atoms with Gasteiger partial charge in [0.15, 0.2) is 5.82 Å². The molecular formula is C20H24N6. The molecule has 3 heterocycles. The van der Waals surface area contributed by atoms with Crippen molar-refractivity contribution in [1.29, 1.82) is 0 Å². The first-order valence-corrected chi connectivity index (χ1v) is 8.96. The fraction of sp³-hybridized carbons (Fsp3) is 0.300. The molecule has 0 saturated carbocycles. The summed E-state index contributed by atoms with van der Waals surface area (Å²) in [6.07, 6.45) is 1.81. The molecule has 3 aromatic rings. The number of benzene rings is 1. The molecule has 0 amide bonds. The van der Waals surface area contributed by atoms with Gasteiger partial charge in [0.2, 0.25) is 0 Å². The van der Waals surface area contributed by atoms with Gasteiger partial charge in [0.1, 0.15) is 5.82 Å². The van der Waals surface area contributed by atoms with Crippen LogP contribution < -0.4 is 16.0 Å². The quantitative estimate of drug-likeness (QED) is 0.755. The minimum Gasteiger partial charge on any atom is -0.396 e. The smallest absolute Gasteiger partial charge is 0.151 e. The van der Waals surface area contributed by atoms with E-state index in [-0.39, 0.29) is 0 Å². The number of likely N-dealkylation sites (N-methyl/N-ethyl adjacent to an activating group) is 1. The third kappa shape index (κ3) is 3.55. The molecule has 6 heteroatoms. The van der Waals surface area contributed by atoms with Crippen LogP contribution in [0.5, 0.6) is 0 Å². The van der Waals surface area contributed by atoms with Gasteiger partial charge in [0.25, 0.3) is 0 Å². The van der Waals surface area contributed by atoms with Gasteiger partial charge in [-0.3, -0.25) is 4.98 Å². The van der Waals surface area contributed by atoms with E-state index in [1.165, 1.54) is 5.56 Å². The van der Waals surface area contributed by atoms with Gasteiger partial charge in [-0.2, -0.15) is 0 Å². The van der Waals surface area contributed by atoms with Gasteiger partial charge in [0.05, 0.1) is 11.2 Å². The molecular weight excluding hydrogens is 324 g/mol. The maximum Gasteiger partial charge on any atom is 0.151 e. The Morgan fingerprint density at radius 3 is 2.77 bits per heavy atom. The molecule has 0 unspecified atom stereocenters. The van der Waals surface area contributed by atoms with Crippen molar-refractivity contribution in [1.82, 2.24) is 14.9 Å². The summed E-state index contributed by atoms with van der Waals surface area (Å²) in [5, 5.41) is 4.53. The van der Waals surface area contributed by atoms with Crippen LogP contribution in [0.25, 0.3) is 10.9 Å². The Labute approximate surface area is 153 Å². The number of nitrogens with zero attached hydrogens (tertiary/aromatic N) is 4. The monoisotopic (exact) mass is 348 g/mol. The van der Waals surface area contributed by atoms with Crippen LogP contribution in [0, 0.1) is 0 Å². The summed E-state index contributed by atoms with van der Waals surface area (Å²) in [6.45, 7) is 4.77. The largest absolute Gasteiger partial charge is 0.396 e. The fourth-order valence-corrected chi connectivity index (χ4v) is 3.23. The number of anilines is 3. The summed E-state index contributed by atoms with van der Waals surface area (Å²) in [5.74, 6) is 1.73. The highest BCUT2D eigenvalue weighted by atomic mass is 15.3. The number of aromatic nitrogens is 2. The summed E-state index contributed by atoms with van der Waals surface area (Å²) in [7, 11) is 2.15. The average molecular weight is 348 g/mol. The lowest BCUT2D eigenvalue weighted by molar-refractivity contribution is 0.312. The SMILES string of the molecule is CN1CCN(c2ccc(N)c(NCc3ccc4ncccc4c3)n2)CC1. The van der Waals surface area contributed by atoms with E-state index in [1.807, 2.05) is 30.5 Å². The molecule has 6 nitrogen and oxygen atoms in total. The third-order valence-corrected chi connectivity index (χ3v) is 4.87. The van der Waals surface area contributed by atoms with Gasteiger partial charge in [-0.05, 0) is 42.9 Å². The van der Waals surface area contributed by atoms with Crippen LogP contribution >= 0.6 is 0 Å². The number of nitrogens with one attached hydrogen (secondary N) is 1. The van der Waals surface area contributed by atoms with Crippen molar-refractivity contribution in [3.05, 3.63) is 54.2 Å². The lowest BCUT2D eigenvalue weighted by Crippen LogP contribution is -2.44. The number of pyridine rings is 2. The van der Waals surface area contributed by atoms with Gasteiger partial charge in [-0.15, -0.1) is 0 Å². The topological polar surface area (TPSA) is 70.3 Å². The zero-order chi connectivity index (χ0) is 17.9. The standard InChI is InChI=1S/C20H24N6/c1-25-9-11-26(12-10-25)19-7-5-17(21)20(24-19)23-14-15-4-6-18-16(13-15)3-2-8-22-18/h2-8,13H,9-12,14,21H2,1H3,(H,23,24). The predicted octanol–water partition coefficient (Wildman–Crippen LogP) is 2.58. The minimum absolute atomic E-state index is 0.672. The summed E-state index contributed by atoms with van der Waals surface area (Å²) in [4.78, 5) is 13.8. The molecule has 3 N–H and O–H groups in total. The van der Waals surface area contributed by atoms with Crippen LogP contribution in [0.3, 0.4) is 0 Å². The zero-order valence-corrected chi connectivity index (χ0v) is 15.0. The van der Waals surface area contributed by atoms with Crippen LogP contribution in [-0.4, -0.2) is 48.1 Å². The van der Waals surface area contributed by atoms with Crippen molar-refractivity contribution in [2.45, 2.75) is 6.54 Å². The number of nitrogens with two attached hydrogens (primary N) is 1. The maximum atomic E-state index is 6.13.